The van der Waals surface area contributed by atoms with Gasteiger partial charge in [-0.05, 0) is 75.1 Å². The molecule has 1 aliphatic heterocycles. The van der Waals surface area contributed by atoms with Crippen LogP contribution in [0.5, 0.6) is 5.75 Å². The highest BCUT2D eigenvalue weighted by Crippen LogP contribution is 2.21. The van der Waals surface area contributed by atoms with E-state index >= 15 is 0 Å². The van der Waals surface area contributed by atoms with Gasteiger partial charge in [0.25, 0.3) is 0 Å². The zero-order valence-electron chi connectivity index (χ0n) is 33.2. The summed E-state index contributed by atoms with van der Waals surface area (Å²) in [6.07, 6.45) is 0.535. The highest BCUT2D eigenvalue weighted by molar-refractivity contribution is 5.97. The Morgan fingerprint density at radius 3 is 1.91 bits per heavy atom. The number of hydrogen-bond acceptors (Lipinski definition) is 10. The number of phenols is 1. The molecule has 58 heavy (non-hydrogen) atoms. The van der Waals surface area contributed by atoms with E-state index in [0.29, 0.717) is 12.0 Å². The number of nitrogens with zero attached hydrogens (tertiary/aromatic N) is 1. The standard InChI is InChI=1S/C40H56N8O10/c1-22(2)19-30(37(54)44-24(4)40(57)58)46-38(55)32-11-8-18-48(32)39(56)31(21-26-12-14-27(49)15-13-26)47-34(51)23(3)43-36(53)29(16-17-33(42)50)45-35(52)28(41)20-25-9-6-5-7-10-25/h5-7,9-10,12-15,22-24,28-32,49H,8,11,16-21,41H2,1-4H3,(H2,42,50)(H,43,53)(H,44,54)(H,45,52)(H,46,55)(H,47,51)(H,57,58)/t23-,24-,28-,29-,30-,31-,32-/m0/s1. The quantitative estimate of drug-likeness (QED) is 0.0764. The number of nitrogens with one attached hydrogen (secondary N) is 5. The van der Waals surface area contributed by atoms with Crippen molar-refractivity contribution in [3.63, 3.8) is 0 Å². The van der Waals surface area contributed by atoms with Crippen molar-refractivity contribution >= 4 is 47.3 Å². The molecule has 0 aromatic heterocycles. The minimum Gasteiger partial charge on any atom is -0.508 e. The highest BCUT2D eigenvalue weighted by atomic mass is 16.4. The lowest BCUT2D eigenvalue weighted by Gasteiger charge is -2.31. The second-order valence-corrected chi connectivity index (χ2v) is 15.0. The third-order valence-electron chi connectivity index (χ3n) is 9.60. The number of carboxylic acids is 1. The van der Waals surface area contributed by atoms with Crippen molar-refractivity contribution in [3.05, 3.63) is 65.7 Å². The fourth-order valence-corrected chi connectivity index (χ4v) is 6.39. The number of nitrogens with two attached hydrogens (primary N) is 2. The number of rotatable bonds is 21. The number of phenolic OH excluding ortho intramolecular Hbond substituents is 1. The van der Waals surface area contributed by atoms with Gasteiger partial charge in [0.2, 0.25) is 41.4 Å². The molecule has 7 atom stereocenters. The predicted molar refractivity (Wildman–Crippen MR) is 211 cm³/mol. The SMILES string of the molecule is CC(C)C[C@H](NC(=O)[C@@H]1CCCN1C(=O)[C@H](Cc1ccc(O)cc1)NC(=O)[C@H](C)NC(=O)[C@H](CCC(N)=O)NC(=O)[C@@H](N)Cc1ccccc1)C(=O)N[C@@H](C)C(=O)O. The van der Waals surface area contributed by atoms with E-state index in [4.69, 9.17) is 11.5 Å². The molecule has 1 heterocycles. The van der Waals surface area contributed by atoms with Crippen LogP contribution in [0.4, 0.5) is 0 Å². The van der Waals surface area contributed by atoms with Crippen molar-refractivity contribution in [2.24, 2.45) is 17.4 Å². The van der Waals surface area contributed by atoms with Crippen LogP contribution in [0.3, 0.4) is 0 Å². The molecule has 0 bridgehead atoms. The first-order valence-corrected chi connectivity index (χ1v) is 19.3. The lowest BCUT2D eigenvalue weighted by molar-refractivity contribution is -0.143. The van der Waals surface area contributed by atoms with Crippen LogP contribution in [0.1, 0.15) is 70.9 Å². The molecule has 316 valence electrons. The van der Waals surface area contributed by atoms with Gasteiger partial charge in [0.05, 0.1) is 6.04 Å². The molecule has 2 aromatic rings. The summed E-state index contributed by atoms with van der Waals surface area (Å²) in [4.78, 5) is 105. The maximum atomic E-state index is 14.2. The molecular formula is C40H56N8O10. The van der Waals surface area contributed by atoms with Crippen LogP contribution < -0.4 is 38.1 Å². The van der Waals surface area contributed by atoms with Gasteiger partial charge in [0, 0.05) is 19.4 Å². The van der Waals surface area contributed by atoms with E-state index < -0.39 is 89.6 Å². The molecule has 1 aliphatic rings. The topological polar surface area (TPSA) is 292 Å². The van der Waals surface area contributed by atoms with Crippen LogP contribution in [-0.2, 0) is 51.2 Å². The van der Waals surface area contributed by atoms with Gasteiger partial charge in [-0.1, -0.05) is 56.3 Å². The van der Waals surface area contributed by atoms with E-state index in [1.807, 2.05) is 19.9 Å². The molecule has 3 rings (SSSR count). The minimum atomic E-state index is -1.29. The van der Waals surface area contributed by atoms with Gasteiger partial charge in [0.1, 0.15) is 42.0 Å². The van der Waals surface area contributed by atoms with Gasteiger partial charge in [0.15, 0.2) is 0 Å². The van der Waals surface area contributed by atoms with E-state index in [1.54, 1.807) is 36.4 Å². The fourth-order valence-electron chi connectivity index (χ4n) is 6.39. The van der Waals surface area contributed by atoms with Crippen LogP contribution in [0.15, 0.2) is 54.6 Å². The molecule has 2 aromatic carbocycles. The maximum absolute atomic E-state index is 14.2. The van der Waals surface area contributed by atoms with E-state index in [2.05, 4.69) is 26.6 Å². The first kappa shape index (κ1) is 46.3. The monoisotopic (exact) mass is 808 g/mol. The van der Waals surface area contributed by atoms with Crippen LogP contribution >= 0.6 is 0 Å². The molecule has 1 fully saturated rings. The number of aromatic hydroxyl groups is 1. The van der Waals surface area contributed by atoms with Crippen molar-refractivity contribution in [1.29, 1.82) is 0 Å². The zero-order chi connectivity index (χ0) is 43.1. The zero-order valence-corrected chi connectivity index (χ0v) is 33.2. The van der Waals surface area contributed by atoms with Crippen LogP contribution in [-0.4, -0.2) is 111 Å². The van der Waals surface area contributed by atoms with Crippen LogP contribution in [0.25, 0.3) is 0 Å². The van der Waals surface area contributed by atoms with E-state index in [1.165, 1.54) is 30.9 Å². The number of carbonyl (C=O) groups is 8. The smallest absolute Gasteiger partial charge is 0.325 e. The Morgan fingerprint density at radius 1 is 0.724 bits per heavy atom. The Kier molecular flexibility index (Phi) is 17.6. The average molecular weight is 809 g/mol. The van der Waals surface area contributed by atoms with Gasteiger partial charge in [-0.3, -0.25) is 38.4 Å². The van der Waals surface area contributed by atoms with Crippen LogP contribution in [0.2, 0.25) is 0 Å². The molecular weight excluding hydrogens is 752 g/mol. The van der Waals surface area contributed by atoms with Crippen molar-refractivity contribution in [2.75, 3.05) is 6.54 Å². The summed E-state index contributed by atoms with van der Waals surface area (Å²) in [5.41, 5.74) is 12.8. The van der Waals surface area contributed by atoms with Gasteiger partial charge in [-0.2, -0.15) is 0 Å². The van der Waals surface area contributed by atoms with Crippen molar-refractivity contribution in [2.45, 2.75) is 115 Å². The minimum absolute atomic E-state index is 0.0278. The molecule has 0 radical (unpaired) electrons. The lowest BCUT2D eigenvalue weighted by atomic mass is 10.0. The van der Waals surface area contributed by atoms with E-state index in [-0.39, 0.29) is 56.7 Å². The van der Waals surface area contributed by atoms with Gasteiger partial charge in [-0.25, -0.2) is 0 Å². The molecule has 18 heteroatoms. The summed E-state index contributed by atoms with van der Waals surface area (Å²) in [6.45, 7) is 6.47. The summed E-state index contributed by atoms with van der Waals surface area (Å²) in [5, 5.41) is 31.9. The number of carbonyl (C=O) groups excluding carboxylic acids is 7. The third kappa shape index (κ3) is 14.5. The maximum Gasteiger partial charge on any atom is 0.325 e. The van der Waals surface area contributed by atoms with Crippen molar-refractivity contribution in [3.8, 4) is 5.75 Å². The number of aliphatic carboxylic acids is 1. The fraction of sp³-hybridized carbons (Fsp3) is 0.500. The Morgan fingerprint density at radius 2 is 1.31 bits per heavy atom. The first-order chi connectivity index (χ1) is 27.4. The predicted octanol–water partition coefficient (Wildman–Crippen LogP) is -0.644. The Labute approximate surface area is 337 Å². The van der Waals surface area contributed by atoms with E-state index in [9.17, 15) is 48.6 Å². The van der Waals surface area contributed by atoms with Gasteiger partial charge >= 0.3 is 5.97 Å². The molecule has 0 spiro atoms. The normalized spacial score (nSPS) is 16.8. The largest absolute Gasteiger partial charge is 0.508 e. The Balaban J connectivity index is 1.78. The molecule has 18 nitrogen and oxygen atoms in total. The summed E-state index contributed by atoms with van der Waals surface area (Å²) < 4.78 is 0. The summed E-state index contributed by atoms with van der Waals surface area (Å²) in [7, 11) is 0. The summed E-state index contributed by atoms with van der Waals surface area (Å²) in [6, 6.07) is 6.74. The average Bonchev–Trinajstić information content (AvgIpc) is 3.66. The Bertz CT molecular complexity index is 1770. The van der Waals surface area contributed by atoms with Crippen molar-refractivity contribution < 1.29 is 48.6 Å². The van der Waals surface area contributed by atoms with Gasteiger partial charge in [-0.15, -0.1) is 0 Å². The van der Waals surface area contributed by atoms with Gasteiger partial charge < -0.3 is 53.2 Å². The Hall–Kier alpha value is -6.04. The number of likely N-dealkylation sites (tertiary alicyclic amines) is 1. The first-order valence-electron chi connectivity index (χ1n) is 19.3. The number of carboxylic acid groups (broad SMARTS) is 1. The van der Waals surface area contributed by atoms with E-state index in [0.717, 1.165) is 5.56 Å². The van der Waals surface area contributed by atoms with Crippen LogP contribution in [0, 0.1) is 5.92 Å². The molecule has 0 saturated carbocycles. The molecule has 0 aliphatic carbocycles. The lowest BCUT2D eigenvalue weighted by Crippen LogP contribution is -2.59. The molecule has 1 saturated heterocycles. The van der Waals surface area contributed by atoms with Crippen molar-refractivity contribution in [1.82, 2.24) is 31.5 Å². The third-order valence-corrected chi connectivity index (χ3v) is 9.60. The number of amides is 7. The molecule has 7 amide bonds. The number of hydrogen-bond donors (Lipinski definition) is 9. The molecule has 11 N–H and O–H groups in total. The highest BCUT2D eigenvalue weighted by Gasteiger charge is 2.40. The number of benzene rings is 2. The second kappa shape index (κ2) is 22.0. The summed E-state index contributed by atoms with van der Waals surface area (Å²) >= 11 is 0. The number of primary amides is 1. The second-order valence-electron chi connectivity index (χ2n) is 15.0. The molecule has 0 unspecified atom stereocenters. The summed E-state index contributed by atoms with van der Waals surface area (Å²) in [5.74, 6) is -6.25.